The molecule has 1 aromatic carbocycles. The largest absolute Gasteiger partial charge is 0.508 e. The molecule has 122 valence electrons. The molecule has 1 amide bonds. The van der Waals surface area contributed by atoms with Crippen molar-refractivity contribution in [1.82, 2.24) is 4.90 Å². The van der Waals surface area contributed by atoms with Gasteiger partial charge in [0.15, 0.2) is 0 Å². The molecule has 0 spiro atoms. The van der Waals surface area contributed by atoms with Gasteiger partial charge < -0.3 is 14.7 Å². The molecule has 1 N–H and O–H groups in total. The molecule has 1 fully saturated rings. The first-order valence-electron chi connectivity index (χ1n) is 7.05. The molecule has 0 aliphatic carbocycles. The second-order valence-electron chi connectivity index (χ2n) is 5.31. The molecule has 0 radical (unpaired) electrons. The van der Waals surface area contributed by atoms with E-state index < -0.39 is 18.1 Å². The first-order valence-corrected chi connectivity index (χ1v) is 7.05. The van der Waals surface area contributed by atoms with E-state index in [0.29, 0.717) is 24.2 Å². The number of carbonyl (C=O) groups excluding carboxylic acids is 1. The normalized spacial score (nSPS) is 19.1. The van der Waals surface area contributed by atoms with Crippen molar-refractivity contribution in [3.05, 3.63) is 23.8 Å². The van der Waals surface area contributed by atoms with Gasteiger partial charge in [-0.25, -0.2) is 0 Å². The summed E-state index contributed by atoms with van der Waals surface area (Å²) in [6, 6.07) is 2.49. The number of carbonyl (C=O) groups is 1. The van der Waals surface area contributed by atoms with Crippen molar-refractivity contribution in [3.63, 3.8) is 0 Å². The Labute approximate surface area is 126 Å². The Morgan fingerprint density at radius 3 is 2.77 bits per heavy atom. The van der Waals surface area contributed by atoms with E-state index in [4.69, 9.17) is 4.74 Å². The fourth-order valence-electron chi connectivity index (χ4n) is 2.74. The first kappa shape index (κ1) is 16.5. The van der Waals surface area contributed by atoms with Gasteiger partial charge in [0.1, 0.15) is 17.5 Å². The Hall–Kier alpha value is -1.92. The number of halogens is 3. The van der Waals surface area contributed by atoms with Gasteiger partial charge in [-0.3, -0.25) is 4.79 Å². The number of ether oxygens (including phenoxy) is 1. The lowest BCUT2D eigenvalue weighted by molar-refractivity contribution is -0.195. The van der Waals surface area contributed by atoms with Gasteiger partial charge in [0.25, 0.3) is 0 Å². The molecule has 1 aliphatic heterocycles. The number of rotatable bonds is 3. The Bertz CT molecular complexity index is 545. The zero-order valence-corrected chi connectivity index (χ0v) is 12.2. The fourth-order valence-corrected chi connectivity index (χ4v) is 2.74. The lowest BCUT2D eigenvalue weighted by Gasteiger charge is -2.37. The average molecular weight is 317 g/mol. The van der Waals surface area contributed by atoms with Crippen molar-refractivity contribution in [1.29, 1.82) is 0 Å². The zero-order valence-electron chi connectivity index (χ0n) is 12.2. The molecule has 1 aliphatic rings. The van der Waals surface area contributed by atoms with E-state index in [-0.39, 0.29) is 25.1 Å². The van der Waals surface area contributed by atoms with Crippen molar-refractivity contribution < 1.29 is 27.8 Å². The number of likely N-dealkylation sites (tertiary alicyclic amines) is 1. The van der Waals surface area contributed by atoms with E-state index >= 15 is 0 Å². The Kier molecular flexibility index (Phi) is 4.83. The van der Waals surface area contributed by atoms with E-state index in [1.807, 2.05) is 0 Å². The van der Waals surface area contributed by atoms with Crippen molar-refractivity contribution >= 4 is 5.91 Å². The summed E-state index contributed by atoms with van der Waals surface area (Å²) in [5.74, 6) is -0.299. The van der Waals surface area contributed by atoms with Crippen LogP contribution >= 0.6 is 0 Å². The summed E-state index contributed by atoms with van der Waals surface area (Å²) in [5.41, 5.74) is 0.374. The second-order valence-corrected chi connectivity index (χ2v) is 5.31. The van der Waals surface area contributed by atoms with Gasteiger partial charge in [-0.05, 0) is 37.5 Å². The third kappa shape index (κ3) is 3.64. The maximum atomic E-state index is 13.0. The van der Waals surface area contributed by atoms with E-state index in [9.17, 15) is 23.1 Å². The van der Waals surface area contributed by atoms with Crippen LogP contribution in [0.4, 0.5) is 13.2 Å². The number of aromatic hydroxyl groups is 1. The number of benzene rings is 1. The lowest BCUT2D eigenvalue weighted by atomic mass is 10.00. The lowest BCUT2D eigenvalue weighted by Crippen LogP contribution is -2.51. The van der Waals surface area contributed by atoms with E-state index in [1.165, 1.54) is 25.3 Å². The predicted molar refractivity (Wildman–Crippen MR) is 73.8 cm³/mol. The Morgan fingerprint density at radius 2 is 2.14 bits per heavy atom. The van der Waals surface area contributed by atoms with Crippen LogP contribution in [0, 0.1) is 0 Å². The van der Waals surface area contributed by atoms with Crippen LogP contribution in [-0.2, 0) is 11.2 Å². The highest BCUT2D eigenvalue weighted by Crippen LogP contribution is 2.33. The zero-order chi connectivity index (χ0) is 16.3. The minimum absolute atomic E-state index is 0.0605. The van der Waals surface area contributed by atoms with Crippen LogP contribution in [0.2, 0.25) is 0 Å². The minimum atomic E-state index is -4.42. The molecule has 7 heteroatoms. The number of nitrogens with zero attached hydrogens (tertiary/aromatic N) is 1. The highest BCUT2D eigenvalue weighted by atomic mass is 19.4. The number of phenols is 1. The summed E-state index contributed by atoms with van der Waals surface area (Å²) in [7, 11) is 1.40. The van der Waals surface area contributed by atoms with Gasteiger partial charge in [0.05, 0.1) is 13.5 Å². The molecular weight excluding hydrogens is 299 g/mol. The van der Waals surface area contributed by atoms with Crippen LogP contribution in [0.1, 0.15) is 24.8 Å². The van der Waals surface area contributed by atoms with Crippen molar-refractivity contribution in [3.8, 4) is 11.5 Å². The summed E-state index contributed by atoms with van der Waals surface area (Å²) in [5, 5.41) is 9.48. The van der Waals surface area contributed by atoms with Crippen LogP contribution in [0.3, 0.4) is 0 Å². The molecule has 1 aromatic rings. The topological polar surface area (TPSA) is 49.8 Å². The third-order valence-corrected chi connectivity index (χ3v) is 3.81. The SMILES string of the molecule is COc1ccc(O)cc1CC(=O)N1CCCCC1C(F)(F)F. The molecule has 0 saturated carbocycles. The molecule has 1 saturated heterocycles. The van der Waals surface area contributed by atoms with Crippen molar-refractivity contribution in [2.45, 2.75) is 37.9 Å². The predicted octanol–water partition coefficient (Wildman–Crippen LogP) is 2.89. The maximum absolute atomic E-state index is 13.0. The summed E-state index contributed by atoms with van der Waals surface area (Å²) in [6.07, 6.45) is -3.69. The average Bonchev–Trinajstić information content (AvgIpc) is 2.46. The molecule has 0 bridgehead atoms. The number of methoxy groups -OCH3 is 1. The van der Waals surface area contributed by atoms with Crippen LogP contribution in [0.15, 0.2) is 18.2 Å². The molecule has 22 heavy (non-hydrogen) atoms. The second kappa shape index (κ2) is 6.46. The minimum Gasteiger partial charge on any atom is -0.508 e. The standard InChI is InChI=1S/C15H18F3NO3/c1-22-12-6-5-11(20)8-10(12)9-14(21)19-7-3-2-4-13(19)15(16,17)18/h5-6,8,13,20H,2-4,7,9H2,1H3. The number of phenolic OH excluding ortho intramolecular Hbond substituents is 1. The summed E-state index contributed by atoms with van der Waals surface area (Å²) < 4.78 is 44.2. The number of alkyl halides is 3. The fraction of sp³-hybridized carbons (Fsp3) is 0.533. The van der Waals surface area contributed by atoms with Gasteiger partial charge in [-0.15, -0.1) is 0 Å². The molecule has 4 nitrogen and oxygen atoms in total. The van der Waals surface area contributed by atoms with Crippen LogP contribution < -0.4 is 4.74 Å². The molecule has 1 atom stereocenters. The summed E-state index contributed by atoms with van der Waals surface area (Å²) in [6.45, 7) is 0.101. The summed E-state index contributed by atoms with van der Waals surface area (Å²) >= 11 is 0. The van der Waals surface area contributed by atoms with Gasteiger partial charge in [0, 0.05) is 12.1 Å². The van der Waals surface area contributed by atoms with E-state index in [1.54, 1.807) is 0 Å². The van der Waals surface area contributed by atoms with E-state index in [0.717, 1.165) is 4.90 Å². The maximum Gasteiger partial charge on any atom is 0.408 e. The van der Waals surface area contributed by atoms with Gasteiger partial charge in [-0.1, -0.05) is 0 Å². The molecule has 1 unspecified atom stereocenters. The van der Waals surface area contributed by atoms with Crippen LogP contribution in [-0.4, -0.2) is 41.8 Å². The van der Waals surface area contributed by atoms with Gasteiger partial charge in [-0.2, -0.15) is 13.2 Å². The first-order chi connectivity index (χ1) is 10.3. The molecular formula is C15H18F3NO3. The number of hydrogen-bond donors (Lipinski definition) is 1. The Morgan fingerprint density at radius 1 is 1.41 bits per heavy atom. The highest BCUT2D eigenvalue weighted by Gasteiger charge is 2.46. The monoisotopic (exact) mass is 317 g/mol. The van der Waals surface area contributed by atoms with Crippen molar-refractivity contribution in [2.75, 3.05) is 13.7 Å². The number of piperidine rings is 1. The Balaban J connectivity index is 2.18. The van der Waals surface area contributed by atoms with Crippen LogP contribution in [0.25, 0.3) is 0 Å². The number of amides is 1. The van der Waals surface area contributed by atoms with Crippen LogP contribution in [0.5, 0.6) is 11.5 Å². The summed E-state index contributed by atoms with van der Waals surface area (Å²) in [4.78, 5) is 13.2. The van der Waals surface area contributed by atoms with Gasteiger partial charge in [0.2, 0.25) is 5.91 Å². The molecule has 1 heterocycles. The van der Waals surface area contributed by atoms with Crippen molar-refractivity contribution in [2.24, 2.45) is 0 Å². The molecule has 2 rings (SSSR count). The van der Waals surface area contributed by atoms with E-state index in [2.05, 4.69) is 0 Å². The number of hydrogen-bond acceptors (Lipinski definition) is 3. The third-order valence-electron chi connectivity index (χ3n) is 3.81. The van der Waals surface area contributed by atoms with Gasteiger partial charge >= 0.3 is 6.18 Å². The smallest absolute Gasteiger partial charge is 0.408 e. The molecule has 0 aromatic heterocycles. The quantitative estimate of drug-likeness (QED) is 0.932. The highest BCUT2D eigenvalue weighted by molar-refractivity contribution is 5.80.